The summed E-state index contributed by atoms with van der Waals surface area (Å²) in [6, 6.07) is 9.67. The van der Waals surface area contributed by atoms with Crippen LogP contribution in [0.25, 0.3) is 0 Å². The van der Waals surface area contributed by atoms with Crippen molar-refractivity contribution < 1.29 is 23.5 Å². The molecule has 2 N–H and O–H groups in total. The molecule has 0 radical (unpaired) electrons. The second-order valence-corrected chi connectivity index (χ2v) is 8.42. The standard InChI is InChI=1S/C24H29N3O5/c1-31-19-5-2-4-18(14-19)22(28)26-21(23(29)25-15-20-6-3-13-32-20)16-9-11-27(12-10-16)24(30)17-7-8-17/h2-6,13-14,16-17,21H,7-12,15H2,1H3,(H,25,29)(H,26,28)/t21-/m1/s1. The third-order valence-electron chi connectivity index (χ3n) is 6.17. The molecule has 2 aromatic rings. The molecule has 0 bridgehead atoms. The SMILES string of the molecule is COc1cccc(C(=O)N[C@@H](C(=O)NCc2ccco2)C2CCN(C(=O)C3CC3)CC2)c1. The number of nitrogens with one attached hydrogen (secondary N) is 2. The van der Waals surface area contributed by atoms with Gasteiger partial charge in [0.1, 0.15) is 17.6 Å². The van der Waals surface area contributed by atoms with Crippen LogP contribution >= 0.6 is 0 Å². The summed E-state index contributed by atoms with van der Waals surface area (Å²) in [6.07, 6.45) is 4.84. The molecule has 1 aromatic carbocycles. The molecule has 32 heavy (non-hydrogen) atoms. The average molecular weight is 440 g/mol. The van der Waals surface area contributed by atoms with Crippen LogP contribution in [-0.4, -0.2) is 48.9 Å². The molecule has 1 aliphatic heterocycles. The Bertz CT molecular complexity index is 946. The largest absolute Gasteiger partial charge is 0.497 e. The Kier molecular flexibility index (Phi) is 6.78. The quantitative estimate of drug-likeness (QED) is 0.658. The average Bonchev–Trinajstić information content (AvgIpc) is 3.55. The van der Waals surface area contributed by atoms with E-state index < -0.39 is 6.04 Å². The minimum atomic E-state index is -0.707. The number of nitrogens with zero attached hydrogens (tertiary/aromatic N) is 1. The molecule has 2 fully saturated rings. The van der Waals surface area contributed by atoms with Crippen LogP contribution in [0, 0.1) is 11.8 Å². The number of carbonyl (C=O) groups is 3. The lowest BCUT2D eigenvalue weighted by Gasteiger charge is -2.36. The van der Waals surface area contributed by atoms with E-state index in [-0.39, 0.29) is 36.1 Å². The zero-order valence-electron chi connectivity index (χ0n) is 18.2. The molecule has 2 heterocycles. The Labute approximate surface area is 187 Å². The molecule has 1 saturated carbocycles. The van der Waals surface area contributed by atoms with E-state index in [4.69, 9.17) is 9.15 Å². The van der Waals surface area contributed by atoms with Gasteiger partial charge in [0, 0.05) is 24.6 Å². The molecule has 170 valence electrons. The van der Waals surface area contributed by atoms with E-state index in [0.717, 1.165) is 12.8 Å². The molecule has 1 saturated heterocycles. The van der Waals surface area contributed by atoms with E-state index >= 15 is 0 Å². The van der Waals surface area contributed by atoms with Crippen molar-refractivity contribution in [1.82, 2.24) is 15.5 Å². The summed E-state index contributed by atoms with van der Waals surface area (Å²) in [5.41, 5.74) is 0.425. The van der Waals surface area contributed by atoms with Crippen LogP contribution in [0.2, 0.25) is 0 Å². The summed E-state index contributed by atoms with van der Waals surface area (Å²) >= 11 is 0. The Morgan fingerprint density at radius 3 is 2.56 bits per heavy atom. The molecule has 0 spiro atoms. The van der Waals surface area contributed by atoms with E-state index in [1.54, 1.807) is 49.8 Å². The maximum atomic E-state index is 13.1. The van der Waals surface area contributed by atoms with Gasteiger partial charge in [0.15, 0.2) is 0 Å². The summed E-state index contributed by atoms with van der Waals surface area (Å²) in [5.74, 6) is 0.964. The predicted octanol–water partition coefficient (Wildman–Crippen LogP) is 2.35. The second-order valence-electron chi connectivity index (χ2n) is 8.42. The Balaban J connectivity index is 1.43. The number of furan rings is 1. The summed E-state index contributed by atoms with van der Waals surface area (Å²) in [5, 5.41) is 5.79. The van der Waals surface area contributed by atoms with Crippen molar-refractivity contribution >= 4 is 17.7 Å². The van der Waals surface area contributed by atoms with Gasteiger partial charge in [-0.15, -0.1) is 0 Å². The van der Waals surface area contributed by atoms with Crippen LogP contribution in [0.5, 0.6) is 5.75 Å². The van der Waals surface area contributed by atoms with Gasteiger partial charge in [0.2, 0.25) is 11.8 Å². The Morgan fingerprint density at radius 1 is 1.12 bits per heavy atom. The van der Waals surface area contributed by atoms with Crippen molar-refractivity contribution in [3.05, 3.63) is 54.0 Å². The number of piperidine rings is 1. The second kappa shape index (κ2) is 9.89. The number of hydrogen-bond acceptors (Lipinski definition) is 5. The molecule has 8 heteroatoms. The first kappa shape index (κ1) is 21.9. The normalized spacial score (nSPS) is 17.5. The number of amides is 3. The van der Waals surface area contributed by atoms with Gasteiger partial charge in [0.25, 0.3) is 5.91 Å². The van der Waals surface area contributed by atoms with E-state index in [0.29, 0.717) is 43.0 Å². The lowest BCUT2D eigenvalue weighted by molar-refractivity contribution is -0.134. The molecule has 1 aromatic heterocycles. The predicted molar refractivity (Wildman–Crippen MR) is 117 cm³/mol. The minimum Gasteiger partial charge on any atom is -0.497 e. The van der Waals surface area contributed by atoms with Crippen LogP contribution < -0.4 is 15.4 Å². The molecule has 1 aliphatic carbocycles. The van der Waals surface area contributed by atoms with Gasteiger partial charge in [-0.1, -0.05) is 6.07 Å². The summed E-state index contributed by atoms with van der Waals surface area (Å²) < 4.78 is 10.5. The third kappa shape index (κ3) is 5.30. The summed E-state index contributed by atoms with van der Waals surface area (Å²) in [6.45, 7) is 1.46. The van der Waals surface area contributed by atoms with Crippen LogP contribution in [0.15, 0.2) is 47.1 Å². The van der Waals surface area contributed by atoms with Gasteiger partial charge < -0.3 is 24.7 Å². The smallest absolute Gasteiger partial charge is 0.252 e. The summed E-state index contributed by atoms with van der Waals surface area (Å²) in [7, 11) is 1.54. The molecule has 0 unspecified atom stereocenters. The number of benzene rings is 1. The highest BCUT2D eigenvalue weighted by molar-refractivity contribution is 5.98. The van der Waals surface area contributed by atoms with Gasteiger partial charge in [-0.25, -0.2) is 0 Å². The van der Waals surface area contributed by atoms with Crippen molar-refractivity contribution in [1.29, 1.82) is 0 Å². The van der Waals surface area contributed by atoms with Gasteiger partial charge in [0.05, 0.1) is 19.9 Å². The fourth-order valence-electron chi connectivity index (χ4n) is 4.13. The maximum Gasteiger partial charge on any atom is 0.252 e. The van der Waals surface area contributed by atoms with Gasteiger partial charge in [-0.2, -0.15) is 0 Å². The highest BCUT2D eigenvalue weighted by atomic mass is 16.5. The molecular formula is C24H29N3O5. The number of ether oxygens (including phenoxy) is 1. The number of hydrogen-bond donors (Lipinski definition) is 2. The minimum absolute atomic E-state index is 0.0654. The lowest BCUT2D eigenvalue weighted by Crippen LogP contribution is -2.53. The first-order chi connectivity index (χ1) is 15.5. The highest BCUT2D eigenvalue weighted by Gasteiger charge is 2.38. The van der Waals surface area contributed by atoms with Gasteiger partial charge >= 0.3 is 0 Å². The van der Waals surface area contributed by atoms with Crippen molar-refractivity contribution in [2.75, 3.05) is 20.2 Å². The van der Waals surface area contributed by atoms with E-state index in [1.807, 2.05) is 4.90 Å². The lowest BCUT2D eigenvalue weighted by atomic mass is 9.88. The third-order valence-corrected chi connectivity index (χ3v) is 6.17. The molecule has 8 nitrogen and oxygen atoms in total. The molecular weight excluding hydrogens is 410 g/mol. The van der Waals surface area contributed by atoms with E-state index in [9.17, 15) is 14.4 Å². The number of carbonyl (C=O) groups excluding carboxylic acids is 3. The fraction of sp³-hybridized carbons (Fsp3) is 0.458. The number of likely N-dealkylation sites (tertiary alicyclic amines) is 1. The highest BCUT2D eigenvalue weighted by Crippen LogP contribution is 2.33. The van der Waals surface area contributed by atoms with Crippen molar-refractivity contribution in [2.24, 2.45) is 11.8 Å². The first-order valence-corrected chi connectivity index (χ1v) is 11.1. The monoisotopic (exact) mass is 439 g/mol. The number of methoxy groups -OCH3 is 1. The van der Waals surface area contributed by atoms with Gasteiger partial charge in [-0.3, -0.25) is 14.4 Å². The molecule has 3 amide bonds. The maximum absolute atomic E-state index is 13.1. The van der Waals surface area contributed by atoms with Crippen LogP contribution in [0.3, 0.4) is 0 Å². The Hall–Kier alpha value is -3.29. The van der Waals surface area contributed by atoms with Crippen LogP contribution in [-0.2, 0) is 16.1 Å². The van der Waals surface area contributed by atoms with Crippen molar-refractivity contribution in [2.45, 2.75) is 38.3 Å². The van der Waals surface area contributed by atoms with E-state index in [1.165, 1.54) is 0 Å². The topological polar surface area (TPSA) is 101 Å². The van der Waals surface area contributed by atoms with Crippen LogP contribution in [0.4, 0.5) is 0 Å². The molecule has 2 aliphatic rings. The molecule has 4 rings (SSSR count). The first-order valence-electron chi connectivity index (χ1n) is 11.1. The van der Waals surface area contributed by atoms with Gasteiger partial charge in [-0.05, 0) is 61.9 Å². The van der Waals surface area contributed by atoms with Crippen LogP contribution in [0.1, 0.15) is 41.8 Å². The zero-order chi connectivity index (χ0) is 22.5. The number of rotatable bonds is 8. The zero-order valence-corrected chi connectivity index (χ0v) is 18.2. The summed E-state index contributed by atoms with van der Waals surface area (Å²) in [4.78, 5) is 40.3. The molecule has 1 atom stereocenters. The Morgan fingerprint density at radius 2 is 1.91 bits per heavy atom. The van der Waals surface area contributed by atoms with E-state index in [2.05, 4.69) is 10.6 Å². The fourth-order valence-corrected chi connectivity index (χ4v) is 4.13. The van der Waals surface area contributed by atoms with Crippen molar-refractivity contribution in [3.8, 4) is 5.75 Å². The van der Waals surface area contributed by atoms with Crippen molar-refractivity contribution in [3.63, 3.8) is 0 Å².